The van der Waals surface area contributed by atoms with Crippen molar-refractivity contribution < 1.29 is 19.1 Å². The fourth-order valence-corrected chi connectivity index (χ4v) is 1.81. The topological polar surface area (TPSA) is 84.2 Å². The average molecular weight is 298 g/mol. The largest absolute Gasteiger partial charge is 0.477 e. The predicted octanol–water partition coefficient (Wildman–Crippen LogP) is 2.16. The van der Waals surface area contributed by atoms with Crippen LogP contribution < -0.4 is 5.32 Å². The van der Waals surface area contributed by atoms with Crippen molar-refractivity contribution in [1.29, 1.82) is 0 Å². The molecule has 1 aromatic carbocycles. The molecule has 0 spiro atoms. The number of nitrogens with one attached hydrogen (secondary N) is 1. The van der Waals surface area contributed by atoms with Gasteiger partial charge >= 0.3 is 5.97 Å². The number of aryl methyl sites for hydroxylation is 1. The van der Waals surface area contributed by atoms with Gasteiger partial charge in [-0.05, 0) is 18.2 Å². The summed E-state index contributed by atoms with van der Waals surface area (Å²) in [6.45, 7) is 0. The van der Waals surface area contributed by atoms with Crippen LogP contribution in [0.3, 0.4) is 0 Å². The first-order valence-electron chi connectivity index (χ1n) is 5.42. The Morgan fingerprint density at radius 3 is 2.75 bits per heavy atom. The second kappa shape index (κ2) is 5.30. The zero-order chi connectivity index (χ0) is 14.9. The van der Waals surface area contributed by atoms with Crippen molar-refractivity contribution >= 4 is 29.2 Å². The van der Waals surface area contributed by atoms with Gasteiger partial charge in [0.2, 0.25) is 0 Å². The molecule has 2 aromatic rings. The highest BCUT2D eigenvalue weighted by Gasteiger charge is 2.21. The smallest absolute Gasteiger partial charge is 0.354 e. The normalized spacial score (nSPS) is 10.3. The second-order valence-corrected chi connectivity index (χ2v) is 4.33. The number of hydrogen-bond donors (Lipinski definition) is 2. The minimum atomic E-state index is -1.27. The molecule has 8 heteroatoms. The van der Waals surface area contributed by atoms with E-state index in [0.717, 1.165) is 16.9 Å². The van der Waals surface area contributed by atoms with Crippen LogP contribution in [-0.2, 0) is 7.05 Å². The first-order chi connectivity index (χ1) is 9.40. The molecule has 1 heterocycles. The highest BCUT2D eigenvalue weighted by molar-refractivity contribution is 6.31. The molecule has 0 aliphatic heterocycles. The molecule has 2 N–H and O–H groups in total. The van der Waals surface area contributed by atoms with E-state index in [4.69, 9.17) is 16.7 Å². The van der Waals surface area contributed by atoms with Gasteiger partial charge in [-0.15, -0.1) is 0 Å². The standard InChI is InChI=1S/C12H9ClFN3O3/c1-17-10(12(19)20)7(5-15-17)11(18)16-6-2-3-9(14)8(13)4-6/h2-5H,1H3,(H,16,18)(H,19,20). The number of anilines is 1. The van der Waals surface area contributed by atoms with Gasteiger partial charge in [-0.2, -0.15) is 5.10 Å². The van der Waals surface area contributed by atoms with Crippen LogP contribution in [0.25, 0.3) is 0 Å². The summed E-state index contributed by atoms with van der Waals surface area (Å²) >= 11 is 5.59. The Balaban J connectivity index is 2.28. The molecule has 20 heavy (non-hydrogen) atoms. The molecule has 0 unspecified atom stereocenters. The Bertz CT molecular complexity index is 699. The number of aromatic carboxylic acids is 1. The van der Waals surface area contributed by atoms with E-state index in [1.807, 2.05) is 0 Å². The van der Waals surface area contributed by atoms with E-state index in [2.05, 4.69) is 10.4 Å². The van der Waals surface area contributed by atoms with Gasteiger partial charge in [0.15, 0.2) is 5.69 Å². The number of nitrogens with zero attached hydrogens (tertiary/aromatic N) is 2. The molecule has 0 aliphatic carbocycles. The van der Waals surface area contributed by atoms with Crippen molar-refractivity contribution in [3.63, 3.8) is 0 Å². The number of carbonyl (C=O) groups is 2. The fourth-order valence-electron chi connectivity index (χ4n) is 1.63. The minimum absolute atomic E-state index is 0.0968. The van der Waals surface area contributed by atoms with Crippen LogP contribution in [0.4, 0.5) is 10.1 Å². The van der Waals surface area contributed by atoms with Crippen molar-refractivity contribution in [1.82, 2.24) is 9.78 Å². The monoisotopic (exact) mass is 297 g/mol. The summed E-state index contributed by atoms with van der Waals surface area (Å²) in [6, 6.07) is 3.64. The molecule has 0 aliphatic rings. The van der Waals surface area contributed by atoms with E-state index in [1.54, 1.807) is 0 Å². The van der Waals surface area contributed by atoms with E-state index in [9.17, 15) is 14.0 Å². The Labute approximate surface area is 117 Å². The number of carbonyl (C=O) groups excluding carboxylic acids is 1. The summed E-state index contributed by atoms with van der Waals surface area (Å²) in [7, 11) is 1.41. The van der Waals surface area contributed by atoms with Gasteiger partial charge in [-0.25, -0.2) is 9.18 Å². The van der Waals surface area contributed by atoms with Crippen molar-refractivity contribution in [3.8, 4) is 0 Å². The third-order valence-electron chi connectivity index (χ3n) is 2.56. The van der Waals surface area contributed by atoms with Gasteiger partial charge < -0.3 is 10.4 Å². The number of carboxylic acids is 1. The van der Waals surface area contributed by atoms with Crippen molar-refractivity contribution in [2.45, 2.75) is 0 Å². The van der Waals surface area contributed by atoms with Gasteiger partial charge in [0, 0.05) is 12.7 Å². The van der Waals surface area contributed by atoms with E-state index in [1.165, 1.54) is 19.2 Å². The highest BCUT2D eigenvalue weighted by Crippen LogP contribution is 2.20. The number of amides is 1. The number of hydrogen-bond acceptors (Lipinski definition) is 3. The lowest BCUT2D eigenvalue weighted by atomic mass is 10.2. The molecule has 1 aromatic heterocycles. The fraction of sp³-hybridized carbons (Fsp3) is 0.0833. The lowest BCUT2D eigenvalue weighted by Crippen LogP contribution is -2.17. The number of carboxylic acid groups (broad SMARTS) is 1. The first kappa shape index (κ1) is 14.0. The van der Waals surface area contributed by atoms with E-state index >= 15 is 0 Å². The van der Waals surface area contributed by atoms with Crippen LogP contribution in [0.5, 0.6) is 0 Å². The van der Waals surface area contributed by atoms with Gasteiger partial charge in [0.25, 0.3) is 5.91 Å². The molecule has 6 nitrogen and oxygen atoms in total. The Morgan fingerprint density at radius 2 is 2.15 bits per heavy atom. The lowest BCUT2D eigenvalue weighted by molar-refractivity contribution is 0.0680. The third-order valence-corrected chi connectivity index (χ3v) is 2.85. The van der Waals surface area contributed by atoms with Crippen LogP contribution in [0.2, 0.25) is 5.02 Å². The van der Waals surface area contributed by atoms with Crippen LogP contribution in [-0.4, -0.2) is 26.8 Å². The Kier molecular flexibility index (Phi) is 3.71. The van der Waals surface area contributed by atoms with Gasteiger partial charge in [-0.3, -0.25) is 9.48 Å². The van der Waals surface area contributed by atoms with Crippen molar-refractivity contribution in [2.24, 2.45) is 7.05 Å². The van der Waals surface area contributed by atoms with Gasteiger partial charge in [-0.1, -0.05) is 11.6 Å². The second-order valence-electron chi connectivity index (χ2n) is 3.92. The maximum atomic E-state index is 13.0. The zero-order valence-electron chi connectivity index (χ0n) is 10.2. The van der Waals surface area contributed by atoms with E-state index in [0.29, 0.717) is 0 Å². The average Bonchev–Trinajstić information content (AvgIpc) is 2.76. The maximum Gasteiger partial charge on any atom is 0.354 e. The predicted molar refractivity (Wildman–Crippen MR) is 69.5 cm³/mol. The summed E-state index contributed by atoms with van der Waals surface area (Å²) in [5, 5.41) is 15.0. The molecule has 2 rings (SSSR count). The molecule has 0 saturated carbocycles. The molecule has 0 atom stereocenters. The number of rotatable bonds is 3. The lowest BCUT2D eigenvalue weighted by Gasteiger charge is -2.05. The SMILES string of the molecule is Cn1ncc(C(=O)Nc2ccc(F)c(Cl)c2)c1C(=O)O. The quantitative estimate of drug-likeness (QED) is 0.909. The summed E-state index contributed by atoms with van der Waals surface area (Å²) < 4.78 is 14.1. The molecular weight excluding hydrogens is 289 g/mol. The minimum Gasteiger partial charge on any atom is -0.477 e. The maximum absolute atomic E-state index is 13.0. The highest BCUT2D eigenvalue weighted by atomic mass is 35.5. The van der Waals surface area contributed by atoms with Crippen molar-refractivity contribution in [3.05, 3.63) is 46.5 Å². The summed E-state index contributed by atoms with van der Waals surface area (Å²) in [5.74, 6) is -2.55. The van der Waals surface area contributed by atoms with E-state index in [-0.39, 0.29) is 22.0 Å². The summed E-state index contributed by atoms with van der Waals surface area (Å²) in [6.07, 6.45) is 1.14. The number of benzene rings is 1. The van der Waals surface area contributed by atoms with Gasteiger partial charge in [0.1, 0.15) is 5.82 Å². The third kappa shape index (κ3) is 2.62. The Hall–Kier alpha value is -2.41. The summed E-state index contributed by atoms with van der Waals surface area (Å²) in [5.41, 5.74) is -0.0854. The van der Waals surface area contributed by atoms with Crippen LogP contribution in [0, 0.1) is 5.82 Å². The molecule has 0 fully saturated rings. The van der Waals surface area contributed by atoms with E-state index < -0.39 is 17.7 Å². The molecule has 104 valence electrons. The van der Waals surface area contributed by atoms with Crippen LogP contribution in [0.1, 0.15) is 20.8 Å². The van der Waals surface area contributed by atoms with Crippen LogP contribution in [0.15, 0.2) is 24.4 Å². The first-order valence-corrected chi connectivity index (χ1v) is 5.79. The Morgan fingerprint density at radius 1 is 1.45 bits per heavy atom. The van der Waals surface area contributed by atoms with Crippen molar-refractivity contribution in [2.75, 3.05) is 5.32 Å². The number of halogens is 2. The molecule has 0 radical (unpaired) electrons. The zero-order valence-corrected chi connectivity index (χ0v) is 11.0. The summed E-state index contributed by atoms with van der Waals surface area (Å²) in [4.78, 5) is 23.0. The molecule has 0 bridgehead atoms. The molecular formula is C12H9ClFN3O3. The van der Waals surface area contributed by atoms with Gasteiger partial charge in [0.05, 0.1) is 16.8 Å². The number of aromatic nitrogens is 2. The molecule has 0 saturated heterocycles. The molecule has 1 amide bonds. The van der Waals surface area contributed by atoms with Crippen LogP contribution >= 0.6 is 11.6 Å².